The van der Waals surface area contributed by atoms with Gasteiger partial charge in [0.2, 0.25) is 0 Å². The SMILES string of the molecule is CCc1nnc(SCC2CCCO2)c(C(=O)O)c1CC. The van der Waals surface area contributed by atoms with Crippen molar-refractivity contribution in [2.45, 2.75) is 50.7 Å². The normalized spacial score (nSPS) is 18.4. The van der Waals surface area contributed by atoms with Gasteiger partial charge in [-0.05, 0) is 31.2 Å². The minimum atomic E-state index is -0.915. The van der Waals surface area contributed by atoms with Crippen molar-refractivity contribution >= 4 is 17.7 Å². The molecule has 1 N–H and O–H groups in total. The third-order valence-electron chi connectivity index (χ3n) is 3.46. The molecule has 1 aliphatic rings. The van der Waals surface area contributed by atoms with E-state index in [1.54, 1.807) is 0 Å². The van der Waals surface area contributed by atoms with Gasteiger partial charge in [-0.2, -0.15) is 5.10 Å². The van der Waals surface area contributed by atoms with Crippen LogP contribution in [0.3, 0.4) is 0 Å². The van der Waals surface area contributed by atoms with E-state index in [9.17, 15) is 9.90 Å². The highest BCUT2D eigenvalue weighted by Gasteiger charge is 2.22. The number of hydrogen-bond acceptors (Lipinski definition) is 5. The number of aromatic carboxylic acids is 1. The summed E-state index contributed by atoms with van der Waals surface area (Å²) in [5, 5.41) is 18.3. The van der Waals surface area contributed by atoms with Gasteiger partial charge in [-0.15, -0.1) is 16.9 Å². The van der Waals surface area contributed by atoms with Crippen LogP contribution < -0.4 is 0 Å². The quantitative estimate of drug-likeness (QED) is 0.813. The average Bonchev–Trinajstić information content (AvgIpc) is 2.96. The fourth-order valence-corrected chi connectivity index (χ4v) is 3.48. The second-order valence-corrected chi connectivity index (χ2v) is 5.77. The summed E-state index contributed by atoms with van der Waals surface area (Å²) in [6, 6.07) is 0. The number of hydrogen-bond donors (Lipinski definition) is 1. The molecule has 20 heavy (non-hydrogen) atoms. The van der Waals surface area contributed by atoms with Crippen molar-refractivity contribution in [3.63, 3.8) is 0 Å². The molecular weight excluding hydrogens is 276 g/mol. The molecule has 2 heterocycles. The second-order valence-electron chi connectivity index (χ2n) is 4.76. The summed E-state index contributed by atoms with van der Waals surface area (Å²) in [6.07, 6.45) is 3.69. The van der Waals surface area contributed by atoms with Crippen molar-refractivity contribution in [3.8, 4) is 0 Å². The van der Waals surface area contributed by atoms with Crippen LogP contribution in [0.2, 0.25) is 0 Å². The van der Waals surface area contributed by atoms with E-state index in [2.05, 4.69) is 10.2 Å². The Kier molecular flexibility index (Phi) is 5.37. The van der Waals surface area contributed by atoms with Crippen LogP contribution in [-0.4, -0.2) is 39.7 Å². The summed E-state index contributed by atoms with van der Waals surface area (Å²) in [4.78, 5) is 11.6. The average molecular weight is 296 g/mol. The van der Waals surface area contributed by atoms with E-state index in [0.717, 1.165) is 36.5 Å². The van der Waals surface area contributed by atoms with Gasteiger partial charge in [0.25, 0.3) is 0 Å². The Bertz CT molecular complexity index is 488. The number of aromatic nitrogens is 2. The van der Waals surface area contributed by atoms with E-state index in [1.165, 1.54) is 11.8 Å². The molecule has 0 amide bonds. The molecule has 0 aliphatic carbocycles. The minimum absolute atomic E-state index is 0.208. The van der Waals surface area contributed by atoms with E-state index in [0.29, 0.717) is 23.4 Å². The maximum atomic E-state index is 11.6. The Morgan fingerprint density at radius 1 is 1.40 bits per heavy atom. The van der Waals surface area contributed by atoms with Gasteiger partial charge in [0, 0.05) is 12.4 Å². The molecule has 0 saturated carbocycles. The molecule has 1 unspecified atom stereocenters. The lowest BCUT2D eigenvalue weighted by atomic mass is 10.0. The topological polar surface area (TPSA) is 72.3 Å². The van der Waals surface area contributed by atoms with Gasteiger partial charge in [-0.3, -0.25) is 0 Å². The van der Waals surface area contributed by atoms with Gasteiger partial charge < -0.3 is 9.84 Å². The van der Waals surface area contributed by atoms with Crippen LogP contribution >= 0.6 is 11.8 Å². The zero-order valence-electron chi connectivity index (χ0n) is 11.9. The number of carbonyl (C=O) groups is 1. The van der Waals surface area contributed by atoms with E-state index in [-0.39, 0.29) is 6.10 Å². The molecule has 2 rings (SSSR count). The zero-order valence-corrected chi connectivity index (χ0v) is 12.7. The maximum absolute atomic E-state index is 11.6. The molecule has 5 nitrogen and oxygen atoms in total. The summed E-state index contributed by atoms with van der Waals surface area (Å²) in [5.74, 6) is -0.176. The first-order valence-electron chi connectivity index (χ1n) is 7.03. The largest absolute Gasteiger partial charge is 0.478 e. The first-order valence-corrected chi connectivity index (χ1v) is 8.02. The Morgan fingerprint density at radius 2 is 2.20 bits per heavy atom. The van der Waals surface area contributed by atoms with Gasteiger partial charge in [0.05, 0.1) is 17.4 Å². The van der Waals surface area contributed by atoms with Crippen LogP contribution in [0, 0.1) is 0 Å². The summed E-state index contributed by atoms with van der Waals surface area (Å²) >= 11 is 1.44. The van der Waals surface area contributed by atoms with Crippen LogP contribution in [0.5, 0.6) is 0 Å². The molecule has 1 aromatic rings. The number of aryl methyl sites for hydroxylation is 1. The molecule has 110 valence electrons. The molecule has 0 bridgehead atoms. The molecule has 1 aromatic heterocycles. The number of rotatable bonds is 6. The van der Waals surface area contributed by atoms with E-state index >= 15 is 0 Å². The molecule has 1 saturated heterocycles. The van der Waals surface area contributed by atoms with Gasteiger partial charge >= 0.3 is 5.97 Å². The van der Waals surface area contributed by atoms with Gasteiger partial charge in [0.1, 0.15) is 5.03 Å². The van der Waals surface area contributed by atoms with Crippen LogP contribution in [0.1, 0.15) is 48.3 Å². The Morgan fingerprint density at radius 3 is 2.75 bits per heavy atom. The fraction of sp³-hybridized carbons (Fsp3) is 0.643. The summed E-state index contributed by atoms with van der Waals surface area (Å²) in [6.45, 7) is 4.73. The molecule has 1 aliphatic heterocycles. The first-order chi connectivity index (χ1) is 9.67. The number of thioether (sulfide) groups is 1. The number of carboxylic acid groups (broad SMARTS) is 1. The number of ether oxygens (including phenoxy) is 1. The maximum Gasteiger partial charge on any atom is 0.338 e. The third kappa shape index (κ3) is 3.30. The Labute approximate surface area is 123 Å². The summed E-state index contributed by atoms with van der Waals surface area (Å²) in [5.41, 5.74) is 1.92. The van der Waals surface area contributed by atoms with Gasteiger partial charge in [-0.25, -0.2) is 4.79 Å². The lowest BCUT2D eigenvalue weighted by molar-refractivity contribution is 0.0690. The summed E-state index contributed by atoms with van der Waals surface area (Å²) in [7, 11) is 0. The molecule has 1 atom stereocenters. The predicted octanol–water partition coefficient (Wildman–Crippen LogP) is 2.57. The smallest absolute Gasteiger partial charge is 0.338 e. The highest BCUT2D eigenvalue weighted by molar-refractivity contribution is 7.99. The molecule has 1 fully saturated rings. The van der Waals surface area contributed by atoms with E-state index in [4.69, 9.17) is 4.74 Å². The van der Waals surface area contributed by atoms with Crippen LogP contribution in [-0.2, 0) is 17.6 Å². The molecule has 0 aromatic carbocycles. The highest BCUT2D eigenvalue weighted by atomic mass is 32.2. The Balaban J connectivity index is 2.24. The third-order valence-corrected chi connectivity index (χ3v) is 4.56. The van der Waals surface area contributed by atoms with Crippen LogP contribution in [0.4, 0.5) is 0 Å². The first kappa shape index (κ1) is 15.3. The molecule has 0 radical (unpaired) electrons. The van der Waals surface area contributed by atoms with Crippen molar-refractivity contribution in [2.24, 2.45) is 0 Å². The monoisotopic (exact) mass is 296 g/mol. The predicted molar refractivity (Wildman–Crippen MR) is 77.4 cm³/mol. The van der Waals surface area contributed by atoms with Crippen molar-refractivity contribution < 1.29 is 14.6 Å². The van der Waals surface area contributed by atoms with E-state index in [1.807, 2.05) is 13.8 Å². The second kappa shape index (κ2) is 7.04. The van der Waals surface area contributed by atoms with Crippen LogP contribution in [0.15, 0.2) is 5.03 Å². The van der Waals surface area contributed by atoms with Gasteiger partial charge in [0.15, 0.2) is 0 Å². The minimum Gasteiger partial charge on any atom is -0.478 e. The van der Waals surface area contributed by atoms with Crippen molar-refractivity contribution in [3.05, 3.63) is 16.8 Å². The van der Waals surface area contributed by atoms with Crippen molar-refractivity contribution in [2.75, 3.05) is 12.4 Å². The number of nitrogens with zero attached hydrogens (tertiary/aromatic N) is 2. The molecule has 0 spiro atoms. The van der Waals surface area contributed by atoms with Crippen LogP contribution in [0.25, 0.3) is 0 Å². The fourth-order valence-electron chi connectivity index (χ4n) is 2.42. The summed E-state index contributed by atoms with van der Waals surface area (Å²) < 4.78 is 5.56. The van der Waals surface area contributed by atoms with Gasteiger partial charge in [-0.1, -0.05) is 13.8 Å². The van der Waals surface area contributed by atoms with E-state index < -0.39 is 5.97 Å². The highest BCUT2D eigenvalue weighted by Crippen LogP contribution is 2.28. The lowest BCUT2D eigenvalue weighted by Gasteiger charge is -2.13. The zero-order chi connectivity index (χ0) is 14.5. The Hall–Kier alpha value is -1.14. The lowest BCUT2D eigenvalue weighted by Crippen LogP contribution is -2.14. The standard InChI is InChI=1S/C14H20N2O3S/c1-3-10-11(4-2)15-16-13(12(10)14(17)18)20-8-9-6-5-7-19-9/h9H,3-8H2,1-2H3,(H,17,18). The van der Waals surface area contributed by atoms with Crippen molar-refractivity contribution in [1.82, 2.24) is 10.2 Å². The molecular formula is C14H20N2O3S. The number of carboxylic acids is 1. The van der Waals surface area contributed by atoms with Crippen molar-refractivity contribution in [1.29, 1.82) is 0 Å². The molecule has 6 heteroatoms.